The Balaban J connectivity index is 1.28. The number of halogens is 1. The summed E-state index contributed by atoms with van der Waals surface area (Å²) in [5.41, 5.74) is 4.42. The summed E-state index contributed by atoms with van der Waals surface area (Å²) in [5.74, 6) is -0.101. The number of benzene rings is 2. The van der Waals surface area contributed by atoms with E-state index in [1.165, 1.54) is 4.90 Å². The lowest BCUT2D eigenvalue weighted by Gasteiger charge is -2.24. The van der Waals surface area contributed by atoms with Crippen molar-refractivity contribution in [3.8, 4) is 11.3 Å². The Morgan fingerprint density at radius 1 is 1.23 bits per heavy atom. The molecule has 2 aliphatic heterocycles. The van der Waals surface area contributed by atoms with Gasteiger partial charge in [0.05, 0.1) is 29.1 Å². The van der Waals surface area contributed by atoms with E-state index in [-0.39, 0.29) is 24.4 Å². The van der Waals surface area contributed by atoms with E-state index in [4.69, 9.17) is 16.3 Å². The van der Waals surface area contributed by atoms with Crippen molar-refractivity contribution in [2.75, 3.05) is 25.1 Å². The molecule has 3 aromatic rings. The molecule has 204 valence electrons. The second-order valence-electron chi connectivity index (χ2n) is 10.2. The minimum absolute atomic E-state index is 0.120. The molecule has 0 unspecified atom stereocenters. The van der Waals surface area contributed by atoms with Crippen LogP contribution in [0.25, 0.3) is 11.3 Å². The summed E-state index contributed by atoms with van der Waals surface area (Å²) in [6.07, 6.45) is 2.51. The standard InChI is InChI=1S/C29H32ClN5O4/c1-17-4-3-5-19(12-17)26(18(2)36)33-25(37)16-35-15-21-7-6-20(13-23(21)28(35)38)27-24(30)14-31-29(34-27)32-22-8-10-39-11-9-22/h3-7,12-14,18,22,26,36H,8-11,15-16H2,1-2H3,(H,33,37)(H,31,32,34)/t18-,26+/m0/s1. The molecular weight excluding hydrogens is 518 g/mol. The lowest BCUT2D eigenvalue weighted by molar-refractivity contribution is -0.123. The van der Waals surface area contributed by atoms with Crippen LogP contribution >= 0.6 is 11.6 Å². The summed E-state index contributed by atoms with van der Waals surface area (Å²) in [5, 5.41) is 16.9. The lowest BCUT2D eigenvalue weighted by Crippen LogP contribution is -2.41. The molecule has 5 rings (SSSR count). The van der Waals surface area contributed by atoms with Gasteiger partial charge in [0.1, 0.15) is 6.54 Å². The number of aromatic nitrogens is 2. The molecule has 1 aromatic heterocycles. The van der Waals surface area contributed by atoms with Crippen LogP contribution in [0, 0.1) is 6.92 Å². The van der Waals surface area contributed by atoms with Crippen LogP contribution in [0.1, 0.15) is 52.9 Å². The van der Waals surface area contributed by atoms with Gasteiger partial charge in [-0.2, -0.15) is 0 Å². The molecule has 39 heavy (non-hydrogen) atoms. The lowest BCUT2D eigenvalue weighted by atomic mass is 10.0. The van der Waals surface area contributed by atoms with E-state index in [0.29, 0.717) is 47.6 Å². The Hall–Kier alpha value is -3.53. The number of anilines is 1. The minimum Gasteiger partial charge on any atom is -0.391 e. The highest BCUT2D eigenvalue weighted by atomic mass is 35.5. The first-order valence-corrected chi connectivity index (χ1v) is 13.5. The number of fused-ring (bicyclic) bond motifs is 1. The van der Waals surface area contributed by atoms with Gasteiger partial charge in [0, 0.05) is 36.9 Å². The van der Waals surface area contributed by atoms with Gasteiger partial charge in [-0.15, -0.1) is 0 Å². The van der Waals surface area contributed by atoms with Gasteiger partial charge in [-0.3, -0.25) is 9.59 Å². The molecule has 2 aromatic carbocycles. The molecule has 0 bridgehead atoms. The SMILES string of the molecule is Cc1cccc([C@H](NC(=O)CN2Cc3ccc(-c4nc(NC5CCOCC5)ncc4Cl)cc3C2=O)[C@H](C)O)c1. The van der Waals surface area contributed by atoms with Crippen molar-refractivity contribution in [2.45, 2.75) is 51.4 Å². The number of hydrogen-bond acceptors (Lipinski definition) is 7. The van der Waals surface area contributed by atoms with Crippen molar-refractivity contribution in [1.29, 1.82) is 0 Å². The highest BCUT2D eigenvalue weighted by molar-refractivity contribution is 6.33. The molecule has 3 N–H and O–H groups in total. The van der Waals surface area contributed by atoms with Crippen LogP contribution in [-0.2, 0) is 16.1 Å². The first-order chi connectivity index (χ1) is 18.8. The van der Waals surface area contributed by atoms with E-state index >= 15 is 0 Å². The number of rotatable bonds is 8. The zero-order valence-electron chi connectivity index (χ0n) is 22.0. The summed E-state index contributed by atoms with van der Waals surface area (Å²) in [7, 11) is 0. The quantitative estimate of drug-likeness (QED) is 0.390. The zero-order valence-corrected chi connectivity index (χ0v) is 22.7. The number of aryl methyl sites for hydroxylation is 1. The molecule has 2 amide bonds. The minimum atomic E-state index is -0.798. The van der Waals surface area contributed by atoms with Gasteiger partial charge < -0.3 is 25.4 Å². The third-order valence-corrected chi connectivity index (χ3v) is 7.37. The van der Waals surface area contributed by atoms with Gasteiger partial charge in [-0.05, 0) is 43.9 Å². The number of nitrogens with zero attached hydrogens (tertiary/aromatic N) is 3. The van der Waals surface area contributed by atoms with E-state index in [0.717, 1.165) is 29.5 Å². The maximum Gasteiger partial charge on any atom is 0.254 e. The summed E-state index contributed by atoms with van der Waals surface area (Å²) >= 11 is 6.45. The Morgan fingerprint density at radius 2 is 2.03 bits per heavy atom. The van der Waals surface area contributed by atoms with Crippen LogP contribution in [0.4, 0.5) is 5.95 Å². The van der Waals surface area contributed by atoms with Gasteiger partial charge in [0.25, 0.3) is 5.91 Å². The van der Waals surface area contributed by atoms with E-state index in [1.807, 2.05) is 43.3 Å². The van der Waals surface area contributed by atoms with Gasteiger partial charge in [-0.25, -0.2) is 9.97 Å². The molecule has 2 aliphatic rings. The predicted octanol–water partition coefficient (Wildman–Crippen LogP) is 3.89. The Morgan fingerprint density at radius 3 is 2.77 bits per heavy atom. The van der Waals surface area contributed by atoms with Crippen molar-refractivity contribution in [3.05, 3.63) is 75.9 Å². The molecule has 0 aliphatic carbocycles. The van der Waals surface area contributed by atoms with Crippen molar-refractivity contribution in [1.82, 2.24) is 20.2 Å². The third-order valence-electron chi connectivity index (χ3n) is 7.10. The normalized spacial score (nSPS) is 17.0. The molecule has 9 nitrogen and oxygen atoms in total. The molecule has 10 heteroatoms. The fraction of sp³-hybridized carbons (Fsp3) is 0.379. The van der Waals surface area contributed by atoms with E-state index < -0.39 is 12.1 Å². The molecule has 1 saturated heterocycles. The van der Waals surface area contributed by atoms with Crippen LogP contribution in [-0.4, -0.2) is 63.7 Å². The third kappa shape index (κ3) is 6.21. The Kier molecular flexibility index (Phi) is 8.11. The number of amides is 2. The summed E-state index contributed by atoms with van der Waals surface area (Å²) < 4.78 is 5.41. The highest BCUT2D eigenvalue weighted by Crippen LogP contribution is 2.32. The molecule has 1 fully saturated rings. The van der Waals surface area contributed by atoms with Crippen LogP contribution in [0.15, 0.2) is 48.7 Å². The second-order valence-corrected chi connectivity index (χ2v) is 10.6. The molecule has 0 radical (unpaired) electrons. The first kappa shape index (κ1) is 27.1. The molecular formula is C29H32ClN5O4. The predicted molar refractivity (Wildman–Crippen MR) is 148 cm³/mol. The van der Waals surface area contributed by atoms with Crippen LogP contribution in [0.5, 0.6) is 0 Å². The average Bonchev–Trinajstić information content (AvgIpc) is 3.23. The maximum absolute atomic E-state index is 13.3. The van der Waals surface area contributed by atoms with Crippen molar-refractivity contribution < 1.29 is 19.4 Å². The number of ether oxygens (including phenoxy) is 1. The van der Waals surface area contributed by atoms with Crippen molar-refractivity contribution >= 4 is 29.4 Å². The summed E-state index contributed by atoms with van der Waals surface area (Å²) in [6, 6.07) is 12.8. The summed E-state index contributed by atoms with van der Waals surface area (Å²) in [6.45, 7) is 5.19. The maximum atomic E-state index is 13.3. The molecule has 3 heterocycles. The van der Waals surface area contributed by atoms with Crippen LogP contribution < -0.4 is 10.6 Å². The fourth-order valence-electron chi connectivity index (χ4n) is 5.04. The monoisotopic (exact) mass is 549 g/mol. The van der Waals surface area contributed by atoms with Gasteiger partial charge in [0.15, 0.2) is 0 Å². The molecule has 0 spiro atoms. The number of carbonyl (C=O) groups is 2. The zero-order chi connectivity index (χ0) is 27.5. The van der Waals surface area contributed by atoms with Crippen LogP contribution in [0.2, 0.25) is 5.02 Å². The smallest absolute Gasteiger partial charge is 0.254 e. The van der Waals surface area contributed by atoms with E-state index in [2.05, 4.69) is 20.6 Å². The number of aliphatic hydroxyl groups excluding tert-OH is 1. The molecule has 2 atom stereocenters. The number of aliphatic hydroxyl groups is 1. The number of carbonyl (C=O) groups excluding carboxylic acids is 2. The van der Waals surface area contributed by atoms with E-state index in [1.54, 1.807) is 19.2 Å². The van der Waals surface area contributed by atoms with Crippen molar-refractivity contribution in [3.63, 3.8) is 0 Å². The fourth-order valence-corrected chi connectivity index (χ4v) is 5.24. The van der Waals surface area contributed by atoms with Gasteiger partial charge >= 0.3 is 0 Å². The number of hydrogen-bond donors (Lipinski definition) is 3. The van der Waals surface area contributed by atoms with Crippen LogP contribution in [0.3, 0.4) is 0 Å². The second kappa shape index (κ2) is 11.7. The molecule has 0 saturated carbocycles. The Bertz CT molecular complexity index is 1380. The average molecular weight is 550 g/mol. The highest BCUT2D eigenvalue weighted by Gasteiger charge is 2.30. The van der Waals surface area contributed by atoms with E-state index in [9.17, 15) is 14.7 Å². The summed E-state index contributed by atoms with van der Waals surface area (Å²) in [4.78, 5) is 36.7. The van der Waals surface area contributed by atoms with Gasteiger partial charge in [0.2, 0.25) is 11.9 Å². The van der Waals surface area contributed by atoms with Crippen molar-refractivity contribution in [2.24, 2.45) is 0 Å². The topological polar surface area (TPSA) is 117 Å². The van der Waals surface area contributed by atoms with Gasteiger partial charge in [-0.1, -0.05) is 53.6 Å². The number of nitrogens with one attached hydrogen (secondary N) is 2. The Labute approximate surface area is 232 Å². The largest absolute Gasteiger partial charge is 0.391 e. The first-order valence-electron chi connectivity index (χ1n) is 13.1.